The van der Waals surface area contributed by atoms with E-state index in [-0.39, 0.29) is 11.9 Å². The van der Waals surface area contributed by atoms with Gasteiger partial charge in [0, 0.05) is 23.5 Å². The fourth-order valence-electron chi connectivity index (χ4n) is 3.40. The number of rotatable bonds is 3. The summed E-state index contributed by atoms with van der Waals surface area (Å²) in [6, 6.07) is 3.45. The zero-order chi connectivity index (χ0) is 18.1. The van der Waals surface area contributed by atoms with Gasteiger partial charge in [-0.15, -0.1) is 0 Å². The topological polar surface area (TPSA) is 82.6 Å². The maximum absolute atomic E-state index is 12.7. The van der Waals surface area contributed by atoms with Crippen molar-refractivity contribution in [1.29, 1.82) is 0 Å². The molecular formula is C19H21N3O4. The molecule has 0 bridgehead atoms. The summed E-state index contributed by atoms with van der Waals surface area (Å²) in [6.07, 6.45) is 4.30. The molecule has 26 heavy (non-hydrogen) atoms. The van der Waals surface area contributed by atoms with E-state index in [0.29, 0.717) is 36.0 Å². The average molecular weight is 355 g/mol. The van der Waals surface area contributed by atoms with E-state index in [4.69, 9.17) is 14.2 Å². The molecule has 4 rings (SSSR count). The van der Waals surface area contributed by atoms with E-state index in [1.54, 1.807) is 19.2 Å². The van der Waals surface area contributed by atoms with Gasteiger partial charge >= 0.3 is 0 Å². The molecule has 1 N–H and O–H groups in total. The molecule has 0 saturated heterocycles. The third-order valence-electron chi connectivity index (χ3n) is 4.70. The number of hydrogen-bond donors (Lipinski definition) is 1. The van der Waals surface area contributed by atoms with Crippen LogP contribution >= 0.6 is 0 Å². The highest BCUT2D eigenvalue weighted by Crippen LogP contribution is 2.40. The van der Waals surface area contributed by atoms with Crippen LogP contribution in [0.2, 0.25) is 0 Å². The molecule has 0 fully saturated rings. The highest BCUT2D eigenvalue weighted by Gasteiger charge is 2.25. The minimum Gasteiger partial charge on any atom is -0.493 e. The Labute approximate surface area is 151 Å². The second-order valence-electron chi connectivity index (χ2n) is 6.51. The normalized spacial score (nSPS) is 18.0. The Kier molecular flexibility index (Phi) is 4.36. The lowest BCUT2D eigenvalue weighted by molar-refractivity contribution is 0.0931. The van der Waals surface area contributed by atoms with E-state index in [1.807, 2.05) is 13.1 Å². The van der Waals surface area contributed by atoms with Crippen LogP contribution in [-0.4, -0.2) is 42.2 Å². The van der Waals surface area contributed by atoms with Crippen molar-refractivity contribution in [1.82, 2.24) is 15.3 Å². The zero-order valence-electron chi connectivity index (χ0n) is 14.9. The van der Waals surface area contributed by atoms with Gasteiger partial charge in [-0.2, -0.15) is 0 Å². The third-order valence-corrected chi connectivity index (χ3v) is 4.70. The first kappa shape index (κ1) is 16.6. The van der Waals surface area contributed by atoms with Gasteiger partial charge in [-0.1, -0.05) is 0 Å². The number of fused-ring (bicyclic) bond motifs is 2. The van der Waals surface area contributed by atoms with Crippen LogP contribution in [0.1, 0.15) is 33.9 Å². The second-order valence-corrected chi connectivity index (χ2v) is 6.51. The number of carbonyl (C=O) groups excluding carboxylic acids is 1. The van der Waals surface area contributed by atoms with E-state index >= 15 is 0 Å². The number of carbonyl (C=O) groups is 1. The van der Waals surface area contributed by atoms with E-state index in [0.717, 1.165) is 36.3 Å². The minimum atomic E-state index is -0.151. The van der Waals surface area contributed by atoms with Crippen LogP contribution < -0.4 is 19.5 Å². The number of ether oxygens (including phenoxy) is 3. The summed E-state index contributed by atoms with van der Waals surface area (Å²) < 4.78 is 16.5. The van der Waals surface area contributed by atoms with Crippen LogP contribution in [0.5, 0.6) is 17.2 Å². The third kappa shape index (κ3) is 3.16. The number of hydrogen-bond acceptors (Lipinski definition) is 6. The predicted octanol–water partition coefficient (Wildman–Crippen LogP) is 1.85. The van der Waals surface area contributed by atoms with Crippen LogP contribution in [0.25, 0.3) is 0 Å². The molecule has 2 aliphatic rings. The van der Waals surface area contributed by atoms with Crippen molar-refractivity contribution in [3.05, 3.63) is 41.0 Å². The molecule has 1 amide bonds. The molecule has 0 spiro atoms. The Morgan fingerprint density at radius 2 is 2.15 bits per heavy atom. The number of aromatic nitrogens is 2. The van der Waals surface area contributed by atoms with E-state index in [1.165, 1.54) is 0 Å². The van der Waals surface area contributed by atoms with E-state index < -0.39 is 0 Å². The maximum atomic E-state index is 12.7. The summed E-state index contributed by atoms with van der Waals surface area (Å²) in [5.74, 6) is 2.23. The van der Waals surface area contributed by atoms with Gasteiger partial charge in [-0.3, -0.25) is 4.79 Å². The van der Waals surface area contributed by atoms with Crippen molar-refractivity contribution in [3.63, 3.8) is 0 Å². The fourth-order valence-corrected chi connectivity index (χ4v) is 3.40. The molecule has 0 saturated carbocycles. The lowest BCUT2D eigenvalue weighted by atomic mass is 9.92. The highest BCUT2D eigenvalue weighted by atomic mass is 16.6. The Balaban J connectivity index is 1.51. The first-order valence-corrected chi connectivity index (χ1v) is 8.74. The fraction of sp³-hybridized carbons (Fsp3) is 0.421. The van der Waals surface area contributed by atoms with Crippen LogP contribution in [0.15, 0.2) is 18.3 Å². The van der Waals surface area contributed by atoms with E-state index in [9.17, 15) is 4.79 Å². The summed E-state index contributed by atoms with van der Waals surface area (Å²) in [6.45, 7) is 2.82. The molecule has 1 aliphatic heterocycles. The Morgan fingerprint density at radius 3 is 3.00 bits per heavy atom. The lowest BCUT2D eigenvalue weighted by Gasteiger charge is -2.25. The largest absolute Gasteiger partial charge is 0.493 e. The maximum Gasteiger partial charge on any atom is 0.251 e. The molecule has 1 aromatic carbocycles. The molecule has 2 heterocycles. The Hall–Kier alpha value is -2.83. The van der Waals surface area contributed by atoms with Crippen LogP contribution in [0.4, 0.5) is 0 Å². The summed E-state index contributed by atoms with van der Waals surface area (Å²) >= 11 is 0. The van der Waals surface area contributed by atoms with Crippen molar-refractivity contribution >= 4 is 5.91 Å². The monoisotopic (exact) mass is 355 g/mol. The predicted molar refractivity (Wildman–Crippen MR) is 94.0 cm³/mol. The van der Waals surface area contributed by atoms with Crippen molar-refractivity contribution in [2.24, 2.45) is 0 Å². The van der Waals surface area contributed by atoms with Gasteiger partial charge in [0.2, 0.25) is 5.75 Å². The van der Waals surface area contributed by atoms with Gasteiger partial charge in [0.05, 0.1) is 7.11 Å². The molecule has 1 aliphatic carbocycles. The van der Waals surface area contributed by atoms with Gasteiger partial charge in [-0.05, 0) is 43.9 Å². The molecule has 1 atom stereocenters. The lowest BCUT2D eigenvalue weighted by Crippen LogP contribution is -2.39. The number of nitrogens with one attached hydrogen (secondary N) is 1. The van der Waals surface area contributed by atoms with Crippen LogP contribution in [0.3, 0.4) is 0 Å². The summed E-state index contributed by atoms with van der Waals surface area (Å²) in [5.41, 5.74) is 2.69. The highest BCUT2D eigenvalue weighted by molar-refractivity contribution is 5.95. The average Bonchev–Trinajstić information content (AvgIpc) is 2.67. The quantitative estimate of drug-likeness (QED) is 0.905. The molecular weight excluding hydrogens is 334 g/mol. The van der Waals surface area contributed by atoms with E-state index in [2.05, 4.69) is 15.3 Å². The number of aryl methyl sites for hydroxylation is 2. The minimum absolute atomic E-state index is 0.0560. The number of nitrogens with zero attached hydrogens (tertiary/aromatic N) is 2. The second kappa shape index (κ2) is 6.82. The molecule has 2 aromatic rings. The van der Waals surface area contributed by atoms with Crippen molar-refractivity contribution in [2.45, 2.75) is 32.2 Å². The van der Waals surface area contributed by atoms with Crippen LogP contribution in [-0.2, 0) is 12.8 Å². The van der Waals surface area contributed by atoms with Crippen molar-refractivity contribution < 1.29 is 19.0 Å². The summed E-state index contributed by atoms with van der Waals surface area (Å²) in [5, 5.41) is 3.10. The van der Waals surface area contributed by atoms with Crippen molar-refractivity contribution in [3.8, 4) is 17.2 Å². The number of methoxy groups -OCH3 is 1. The van der Waals surface area contributed by atoms with Gasteiger partial charge in [0.25, 0.3) is 5.91 Å². The molecule has 1 unspecified atom stereocenters. The van der Waals surface area contributed by atoms with Gasteiger partial charge in [0.1, 0.15) is 19.0 Å². The summed E-state index contributed by atoms with van der Waals surface area (Å²) in [7, 11) is 1.55. The number of benzene rings is 1. The van der Waals surface area contributed by atoms with Gasteiger partial charge in [0.15, 0.2) is 11.5 Å². The first-order chi connectivity index (χ1) is 12.6. The number of amides is 1. The van der Waals surface area contributed by atoms with Gasteiger partial charge in [-0.25, -0.2) is 9.97 Å². The molecule has 7 nitrogen and oxygen atoms in total. The Morgan fingerprint density at radius 1 is 1.31 bits per heavy atom. The Bertz CT molecular complexity index is 836. The SMILES string of the molecule is COc1cc(C(=O)NC2CCc3nc(C)ncc3C2)cc2c1OCCO2. The molecule has 1 aromatic heterocycles. The van der Waals surface area contributed by atoms with Crippen LogP contribution in [0, 0.1) is 6.92 Å². The molecule has 0 radical (unpaired) electrons. The summed E-state index contributed by atoms with van der Waals surface area (Å²) in [4.78, 5) is 21.5. The molecule has 7 heteroatoms. The van der Waals surface area contributed by atoms with Crippen molar-refractivity contribution in [2.75, 3.05) is 20.3 Å². The van der Waals surface area contributed by atoms with Gasteiger partial charge < -0.3 is 19.5 Å². The molecule has 136 valence electrons. The smallest absolute Gasteiger partial charge is 0.251 e. The zero-order valence-corrected chi connectivity index (χ0v) is 14.9. The first-order valence-electron chi connectivity index (χ1n) is 8.74. The standard InChI is InChI=1S/C19H21N3O4/c1-11-20-10-13-7-14(3-4-15(13)21-11)22-19(23)12-8-16(24-2)18-17(9-12)25-5-6-26-18/h8-10,14H,3-7H2,1-2H3,(H,22,23).